The normalized spacial score (nSPS) is 11.2. The van der Waals surface area contributed by atoms with Crippen molar-refractivity contribution in [3.63, 3.8) is 0 Å². The van der Waals surface area contributed by atoms with Gasteiger partial charge in [-0.05, 0) is 19.4 Å². The van der Waals surface area contributed by atoms with Gasteiger partial charge >= 0.3 is 0 Å². The summed E-state index contributed by atoms with van der Waals surface area (Å²) in [5.74, 6) is 0. The first-order valence-electron chi connectivity index (χ1n) is 5.84. The molecule has 0 aromatic heterocycles. The zero-order valence-electron chi connectivity index (χ0n) is 10.2. The minimum atomic E-state index is 0.682. The van der Waals surface area contributed by atoms with E-state index in [2.05, 4.69) is 11.8 Å². The molecule has 0 aliphatic carbocycles. The highest BCUT2D eigenvalue weighted by molar-refractivity contribution is 4.57. The van der Waals surface area contributed by atoms with Crippen LogP contribution >= 0.6 is 0 Å². The summed E-state index contributed by atoms with van der Waals surface area (Å²) in [5.41, 5.74) is 5.54. The smallest absolute Gasteiger partial charge is 0.0700 e. The van der Waals surface area contributed by atoms with Crippen molar-refractivity contribution < 1.29 is 9.47 Å². The van der Waals surface area contributed by atoms with Crippen LogP contribution in [0.15, 0.2) is 0 Å². The Morgan fingerprint density at radius 1 is 1.07 bits per heavy atom. The Morgan fingerprint density at radius 2 is 1.87 bits per heavy atom. The third-order valence-corrected chi connectivity index (χ3v) is 2.18. The lowest BCUT2D eigenvalue weighted by atomic mass is 10.3. The molecule has 0 bridgehead atoms. The zero-order chi connectivity index (χ0) is 11.4. The molecule has 0 rings (SSSR count). The third-order valence-electron chi connectivity index (χ3n) is 2.18. The summed E-state index contributed by atoms with van der Waals surface area (Å²) in [6.07, 6.45) is 2.26. The largest absolute Gasteiger partial charge is 0.382 e. The molecule has 0 amide bonds. The molecular weight excluding hydrogens is 192 g/mol. The van der Waals surface area contributed by atoms with Gasteiger partial charge in [-0.1, -0.05) is 6.92 Å². The molecule has 0 spiro atoms. The van der Waals surface area contributed by atoms with Crippen molar-refractivity contribution >= 4 is 0 Å². The van der Waals surface area contributed by atoms with Crippen molar-refractivity contribution in [3.05, 3.63) is 0 Å². The minimum Gasteiger partial charge on any atom is -0.382 e. The Hall–Kier alpha value is -0.160. The first-order chi connectivity index (χ1) is 7.35. The van der Waals surface area contributed by atoms with Gasteiger partial charge in [-0.2, -0.15) is 0 Å². The molecule has 4 nitrogen and oxygen atoms in total. The first-order valence-corrected chi connectivity index (χ1v) is 5.84. The number of nitrogens with two attached hydrogens (primary N) is 1. The van der Waals surface area contributed by atoms with E-state index in [1.165, 1.54) is 6.42 Å². The van der Waals surface area contributed by atoms with Crippen LogP contribution in [0.1, 0.15) is 19.8 Å². The van der Waals surface area contributed by atoms with E-state index < -0.39 is 0 Å². The van der Waals surface area contributed by atoms with Crippen LogP contribution < -0.4 is 5.73 Å². The van der Waals surface area contributed by atoms with Gasteiger partial charge in [-0.15, -0.1) is 0 Å². The average molecular weight is 218 g/mol. The molecule has 0 saturated carbocycles. The van der Waals surface area contributed by atoms with Crippen LogP contribution in [-0.4, -0.2) is 58.0 Å². The summed E-state index contributed by atoms with van der Waals surface area (Å²) in [5, 5.41) is 0. The lowest BCUT2D eigenvalue weighted by Crippen LogP contribution is -2.31. The Kier molecular flexibility index (Phi) is 11.8. The van der Waals surface area contributed by atoms with E-state index in [0.717, 1.165) is 39.2 Å². The van der Waals surface area contributed by atoms with Crippen molar-refractivity contribution in [2.45, 2.75) is 19.8 Å². The monoisotopic (exact) mass is 218 g/mol. The third kappa shape index (κ3) is 10.1. The van der Waals surface area contributed by atoms with Crippen LogP contribution in [0.2, 0.25) is 0 Å². The maximum absolute atomic E-state index is 5.54. The summed E-state index contributed by atoms with van der Waals surface area (Å²) in [6.45, 7) is 8.33. The highest BCUT2D eigenvalue weighted by atomic mass is 16.5. The molecular formula is C11H26N2O2. The first kappa shape index (κ1) is 14.8. The predicted octanol–water partition coefficient (Wildman–Crippen LogP) is 0.710. The number of rotatable bonds is 11. The Bertz CT molecular complexity index is 117. The summed E-state index contributed by atoms with van der Waals surface area (Å²) in [4.78, 5) is 2.39. The fourth-order valence-electron chi connectivity index (χ4n) is 1.47. The lowest BCUT2D eigenvalue weighted by molar-refractivity contribution is 0.0653. The molecule has 0 aliphatic heterocycles. The van der Waals surface area contributed by atoms with Gasteiger partial charge in [-0.3, -0.25) is 0 Å². The Morgan fingerprint density at radius 3 is 2.47 bits per heavy atom. The number of nitrogens with zero attached hydrogens (tertiary/aromatic N) is 1. The molecule has 0 aromatic carbocycles. The van der Waals surface area contributed by atoms with Crippen LogP contribution in [-0.2, 0) is 9.47 Å². The quantitative estimate of drug-likeness (QED) is 0.519. The van der Waals surface area contributed by atoms with Gasteiger partial charge in [0.05, 0.1) is 13.2 Å². The van der Waals surface area contributed by atoms with Crippen molar-refractivity contribution in [1.82, 2.24) is 4.90 Å². The van der Waals surface area contributed by atoms with Gasteiger partial charge in [0.1, 0.15) is 0 Å². The summed E-state index contributed by atoms with van der Waals surface area (Å²) < 4.78 is 10.3. The standard InChI is InChI=1S/C11H26N2O2/c1-3-6-13(8-5-12)7-4-9-15-11-10-14-2/h3-12H2,1-2H3. The molecule has 15 heavy (non-hydrogen) atoms. The second kappa shape index (κ2) is 11.9. The molecule has 0 fully saturated rings. The van der Waals surface area contributed by atoms with Crippen LogP contribution in [0, 0.1) is 0 Å². The van der Waals surface area contributed by atoms with E-state index in [1.807, 2.05) is 0 Å². The fraction of sp³-hybridized carbons (Fsp3) is 1.00. The van der Waals surface area contributed by atoms with E-state index in [1.54, 1.807) is 7.11 Å². The van der Waals surface area contributed by atoms with E-state index in [0.29, 0.717) is 13.2 Å². The van der Waals surface area contributed by atoms with Crippen LogP contribution in [0.3, 0.4) is 0 Å². The molecule has 92 valence electrons. The van der Waals surface area contributed by atoms with Crippen LogP contribution in [0.4, 0.5) is 0 Å². The number of hydrogen-bond donors (Lipinski definition) is 1. The minimum absolute atomic E-state index is 0.682. The fourth-order valence-corrected chi connectivity index (χ4v) is 1.47. The molecule has 0 radical (unpaired) electrons. The van der Waals surface area contributed by atoms with Crippen molar-refractivity contribution in [2.75, 3.05) is 53.1 Å². The Balaban J connectivity index is 3.28. The van der Waals surface area contributed by atoms with Gasteiger partial charge < -0.3 is 20.1 Å². The highest BCUT2D eigenvalue weighted by Crippen LogP contribution is 1.94. The molecule has 0 atom stereocenters. The van der Waals surface area contributed by atoms with E-state index in [4.69, 9.17) is 15.2 Å². The van der Waals surface area contributed by atoms with Gasteiger partial charge in [0, 0.05) is 33.4 Å². The highest BCUT2D eigenvalue weighted by Gasteiger charge is 2.01. The lowest BCUT2D eigenvalue weighted by Gasteiger charge is -2.20. The van der Waals surface area contributed by atoms with Gasteiger partial charge in [0.15, 0.2) is 0 Å². The van der Waals surface area contributed by atoms with Crippen molar-refractivity contribution in [1.29, 1.82) is 0 Å². The molecule has 0 heterocycles. The maximum Gasteiger partial charge on any atom is 0.0700 e. The number of ether oxygens (including phenoxy) is 2. The van der Waals surface area contributed by atoms with Gasteiger partial charge in [0.25, 0.3) is 0 Å². The molecule has 2 N–H and O–H groups in total. The van der Waals surface area contributed by atoms with Crippen molar-refractivity contribution in [3.8, 4) is 0 Å². The van der Waals surface area contributed by atoms with Crippen LogP contribution in [0.5, 0.6) is 0 Å². The van der Waals surface area contributed by atoms with E-state index >= 15 is 0 Å². The Labute approximate surface area is 93.7 Å². The maximum atomic E-state index is 5.54. The van der Waals surface area contributed by atoms with Crippen LogP contribution in [0.25, 0.3) is 0 Å². The molecule has 4 heteroatoms. The SMILES string of the molecule is CCCN(CCN)CCCOCCOC. The molecule has 0 aliphatic rings. The van der Waals surface area contributed by atoms with E-state index in [9.17, 15) is 0 Å². The van der Waals surface area contributed by atoms with Gasteiger partial charge in [0.2, 0.25) is 0 Å². The summed E-state index contributed by atoms with van der Waals surface area (Å²) >= 11 is 0. The summed E-state index contributed by atoms with van der Waals surface area (Å²) in [7, 11) is 1.69. The topological polar surface area (TPSA) is 47.7 Å². The molecule has 0 unspecified atom stereocenters. The average Bonchev–Trinajstić information content (AvgIpc) is 2.24. The predicted molar refractivity (Wildman–Crippen MR) is 63.1 cm³/mol. The number of methoxy groups -OCH3 is 1. The second-order valence-electron chi connectivity index (χ2n) is 3.59. The van der Waals surface area contributed by atoms with Crippen molar-refractivity contribution in [2.24, 2.45) is 5.73 Å². The summed E-state index contributed by atoms with van der Waals surface area (Å²) in [6, 6.07) is 0. The zero-order valence-corrected chi connectivity index (χ0v) is 10.2. The molecule has 0 saturated heterocycles. The number of hydrogen-bond acceptors (Lipinski definition) is 4. The van der Waals surface area contributed by atoms with E-state index in [-0.39, 0.29) is 0 Å². The second-order valence-corrected chi connectivity index (χ2v) is 3.59. The molecule has 0 aromatic rings. The van der Waals surface area contributed by atoms with Gasteiger partial charge in [-0.25, -0.2) is 0 Å².